The minimum Gasteiger partial charge on any atom is -0.508 e. The van der Waals surface area contributed by atoms with Crippen LogP contribution in [0.25, 0.3) is 5.76 Å². The van der Waals surface area contributed by atoms with Crippen LogP contribution in [-0.2, 0) is 27.3 Å². The first-order valence-corrected chi connectivity index (χ1v) is 12.5. The van der Waals surface area contributed by atoms with E-state index in [1.54, 1.807) is 24.3 Å². The van der Waals surface area contributed by atoms with Crippen LogP contribution in [0.15, 0.2) is 47.2 Å². The molecule has 0 radical (unpaired) electrons. The van der Waals surface area contributed by atoms with Crippen LogP contribution in [-0.4, -0.2) is 49.6 Å². The number of aliphatic hydroxyl groups excluding tert-OH is 2. The number of nitrogens with two attached hydrogens (primary N) is 2. The van der Waals surface area contributed by atoms with Crippen LogP contribution < -0.4 is 21.5 Å². The van der Waals surface area contributed by atoms with Crippen molar-refractivity contribution < 1.29 is 44.3 Å². The van der Waals surface area contributed by atoms with Gasteiger partial charge in [0.05, 0.1) is 5.56 Å². The number of carbonyl (C=O) groups excluding carboxylic acids is 4. The van der Waals surface area contributed by atoms with Crippen molar-refractivity contribution in [3.63, 3.8) is 0 Å². The fourth-order valence-corrected chi connectivity index (χ4v) is 5.83. The summed E-state index contributed by atoms with van der Waals surface area (Å²) >= 11 is 0. The van der Waals surface area contributed by atoms with Gasteiger partial charge in [-0.05, 0) is 49.4 Å². The number of rotatable bonds is 4. The minimum absolute atomic E-state index is 0.00270. The Morgan fingerprint density at radius 2 is 1.80 bits per heavy atom. The van der Waals surface area contributed by atoms with Gasteiger partial charge < -0.3 is 41.9 Å². The molecule has 0 aromatic heterocycles. The van der Waals surface area contributed by atoms with Crippen LogP contribution in [0.1, 0.15) is 35.1 Å². The number of ether oxygens (including phenoxy) is 1. The van der Waals surface area contributed by atoms with Gasteiger partial charge in [0.25, 0.3) is 5.91 Å². The van der Waals surface area contributed by atoms with Gasteiger partial charge in [0.2, 0.25) is 5.78 Å². The standard InChI is InChI=1S/C28H27N3O9/c1-11-2-4-15(5-3-11)40-27(38)31-10-13-8-17(29)16-7-12-6-14-9-18(32)21(26(30)37)25(36)28(14,39)24(35)19(12)23(34)20(16)22(13)33/h2-5,8,12,14,33-34,36,39H,6-7,9-10,29H2,1H3,(H2,30,37)(H,31,38)/t12?,14-,28-/m0/s1. The van der Waals surface area contributed by atoms with Gasteiger partial charge >= 0.3 is 6.09 Å². The summed E-state index contributed by atoms with van der Waals surface area (Å²) in [4.78, 5) is 50.1. The molecule has 3 aliphatic carbocycles. The molecule has 0 spiro atoms. The van der Waals surface area contributed by atoms with E-state index in [2.05, 4.69) is 5.32 Å². The topological polar surface area (TPSA) is 222 Å². The third kappa shape index (κ3) is 4.04. The van der Waals surface area contributed by atoms with Gasteiger partial charge in [0.15, 0.2) is 11.4 Å². The number of anilines is 1. The number of aryl methyl sites for hydroxylation is 1. The van der Waals surface area contributed by atoms with E-state index in [9.17, 15) is 39.6 Å². The van der Waals surface area contributed by atoms with E-state index in [-0.39, 0.29) is 41.8 Å². The highest BCUT2D eigenvalue weighted by Crippen LogP contribution is 2.53. The molecule has 1 saturated carbocycles. The molecule has 2 amide bonds. The Morgan fingerprint density at radius 3 is 2.45 bits per heavy atom. The molecule has 40 heavy (non-hydrogen) atoms. The van der Waals surface area contributed by atoms with Gasteiger partial charge in [-0.1, -0.05) is 17.7 Å². The maximum atomic E-state index is 13.6. The van der Waals surface area contributed by atoms with Gasteiger partial charge in [-0.2, -0.15) is 0 Å². The third-order valence-corrected chi connectivity index (χ3v) is 7.83. The van der Waals surface area contributed by atoms with E-state index >= 15 is 0 Å². The number of aromatic hydroxyl groups is 1. The zero-order chi connectivity index (χ0) is 29.1. The SMILES string of the molecule is Cc1ccc(OC(=O)NCc2cc(N)c3c(c2O)C(O)=C2C(=O)[C@]4(O)C(O)=C(C(N)=O)C(=O)C[C@@H]4CC2C3)cc1. The molecule has 0 heterocycles. The second kappa shape index (κ2) is 9.42. The number of nitrogens with one attached hydrogen (secondary N) is 1. The summed E-state index contributed by atoms with van der Waals surface area (Å²) in [7, 11) is 0. The van der Waals surface area contributed by atoms with Crippen molar-refractivity contribution in [1.29, 1.82) is 0 Å². The van der Waals surface area contributed by atoms with Crippen LogP contribution in [0.3, 0.4) is 0 Å². The van der Waals surface area contributed by atoms with Crippen molar-refractivity contribution in [2.75, 3.05) is 5.73 Å². The minimum atomic E-state index is -2.66. The summed E-state index contributed by atoms with van der Waals surface area (Å²) in [6.45, 7) is 1.64. The molecule has 9 N–H and O–H groups in total. The molecule has 2 aromatic carbocycles. The lowest BCUT2D eigenvalue weighted by atomic mass is 9.59. The van der Waals surface area contributed by atoms with Gasteiger partial charge in [-0.15, -0.1) is 0 Å². The van der Waals surface area contributed by atoms with Crippen LogP contribution in [0.4, 0.5) is 10.5 Å². The molecule has 5 rings (SSSR count). The second-order valence-electron chi connectivity index (χ2n) is 10.3. The molecular weight excluding hydrogens is 522 g/mol. The highest BCUT2D eigenvalue weighted by atomic mass is 16.6. The molecule has 0 bridgehead atoms. The van der Waals surface area contributed by atoms with E-state index in [4.69, 9.17) is 16.2 Å². The van der Waals surface area contributed by atoms with Gasteiger partial charge in [0.1, 0.15) is 28.6 Å². The molecule has 1 unspecified atom stereocenters. The number of carbonyl (C=O) groups is 4. The van der Waals surface area contributed by atoms with Crippen LogP contribution in [0, 0.1) is 18.8 Å². The molecule has 1 fully saturated rings. The van der Waals surface area contributed by atoms with E-state index < -0.39 is 70.3 Å². The number of Topliss-reactive ketones (excluding diaryl/α,β-unsaturated/α-hetero) is 2. The summed E-state index contributed by atoms with van der Waals surface area (Å²) in [5, 5.41) is 46.8. The number of hydrogen-bond donors (Lipinski definition) is 7. The summed E-state index contributed by atoms with van der Waals surface area (Å²) in [5.41, 5.74) is 9.11. The predicted molar refractivity (Wildman–Crippen MR) is 140 cm³/mol. The summed E-state index contributed by atoms with van der Waals surface area (Å²) < 4.78 is 5.21. The van der Waals surface area contributed by atoms with E-state index in [1.165, 1.54) is 6.07 Å². The number of ketones is 2. The highest BCUT2D eigenvalue weighted by Gasteiger charge is 2.60. The lowest BCUT2D eigenvalue weighted by molar-refractivity contribution is -0.147. The molecular formula is C28H27N3O9. The molecule has 0 saturated heterocycles. The Morgan fingerprint density at radius 1 is 1.12 bits per heavy atom. The van der Waals surface area contributed by atoms with Gasteiger partial charge in [-0.25, -0.2) is 4.79 Å². The second-order valence-corrected chi connectivity index (χ2v) is 10.3. The lowest BCUT2D eigenvalue weighted by Crippen LogP contribution is -2.58. The average molecular weight is 550 g/mol. The van der Waals surface area contributed by atoms with Gasteiger partial charge in [0, 0.05) is 35.7 Å². The Kier molecular flexibility index (Phi) is 6.30. The molecule has 3 atom stereocenters. The monoisotopic (exact) mass is 549 g/mol. The fraction of sp³-hybridized carbons (Fsp3) is 0.286. The van der Waals surface area contributed by atoms with Crippen molar-refractivity contribution in [2.45, 2.75) is 38.3 Å². The zero-order valence-electron chi connectivity index (χ0n) is 21.4. The summed E-state index contributed by atoms with van der Waals surface area (Å²) in [6, 6.07) is 8.19. The summed E-state index contributed by atoms with van der Waals surface area (Å²) in [5.74, 6) is -6.93. The van der Waals surface area contributed by atoms with Crippen LogP contribution >= 0.6 is 0 Å². The Hall–Kier alpha value is -4.84. The average Bonchev–Trinajstić information content (AvgIpc) is 2.88. The largest absolute Gasteiger partial charge is 0.508 e. The zero-order valence-corrected chi connectivity index (χ0v) is 21.4. The van der Waals surface area contributed by atoms with Crippen molar-refractivity contribution in [1.82, 2.24) is 5.32 Å². The molecule has 0 aliphatic heterocycles. The smallest absolute Gasteiger partial charge is 0.412 e. The number of aliphatic hydroxyl groups is 3. The van der Waals surface area contributed by atoms with Crippen molar-refractivity contribution in [3.8, 4) is 11.5 Å². The normalized spacial score (nSPS) is 23.8. The number of amides is 2. The predicted octanol–water partition coefficient (Wildman–Crippen LogP) is 1.60. The van der Waals surface area contributed by atoms with E-state index in [0.29, 0.717) is 11.3 Å². The first-order chi connectivity index (χ1) is 18.8. The quantitative estimate of drug-likeness (QED) is 0.166. The van der Waals surface area contributed by atoms with E-state index in [1.807, 2.05) is 6.92 Å². The lowest BCUT2D eigenvalue weighted by Gasteiger charge is -2.46. The number of fused-ring (bicyclic) bond motifs is 3. The Balaban J connectivity index is 1.48. The number of primary amides is 1. The molecule has 12 heteroatoms. The van der Waals surface area contributed by atoms with E-state index in [0.717, 1.165) is 5.56 Å². The van der Waals surface area contributed by atoms with Crippen LogP contribution in [0.2, 0.25) is 0 Å². The maximum Gasteiger partial charge on any atom is 0.412 e. The molecule has 3 aliphatic rings. The number of hydrogen-bond acceptors (Lipinski definition) is 10. The summed E-state index contributed by atoms with van der Waals surface area (Å²) in [6.07, 6.45) is -1.14. The third-order valence-electron chi connectivity index (χ3n) is 7.83. The Bertz CT molecular complexity index is 1560. The number of phenolic OH excluding ortho intramolecular Hbond substituents is 1. The van der Waals surface area contributed by atoms with Crippen molar-refractivity contribution in [2.24, 2.45) is 17.6 Å². The highest BCUT2D eigenvalue weighted by molar-refractivity contribution is 6.22. The Labute approximate surface area is 227 Å². The van der Waals surface area contributed by atoms with Crippen molar-refractivity contribution >= 4 is 35.0 Å². The van der Waals surface area contributed by atoms with Crippen LogP contribution in [0.5, 0.6) is 11.5 Å². The number of benzene rings is 2. The number of nitrogen functional groups attached to an aromatic ring is 1. The van der Waals surface area contributed by atoms with Crippen molar-refractivity contribution in [3.05, 3.63) is 69.5 Å². The maximum absolute atomic E-state index is 13.6. The first kappa shape index (κ1) is 26.8. The molecule has 12 nitrogen and oxygen atoms in total. The van der Waals surface area contributed by atoms with Gasteiger partial charge in [-0.3, -0.25) is 14.4 Å². The first-order valence-electron chi connectivity index (χ1n) is 12.5. The number of phenols is 1. The molecule has 208 valence electrons. The molecule has 2 aromatic rings. The fourth-order valence-electron chi connectivity index (χ4n) is 5.83.